The largest absolute Gasteiger partial charge is 0.489 e. The molecule has 1 unspecified atom stereocenters. The SMILES string of the molecule is CC1C(=O)C=CC=C1COc1cccc(Cl)c1. The average Bonchev–Trinajstić information content (AvgIpc) is 2.31. The van der Waals surface area contributed by atoms with E-state index < -0.39 is 0 Å². The third-order valence-corrected chi connectivity index (χ3v) is 2.99. The summed E-state index contributed by atoms with van der Waals surface area (Å²) in [7, 11) is 0. The fraction of sp³-hybridized carbons (Fsp3) is 0.214. The van der Waals surface area contributed by atoms with Crippen LogP contribution in [-0.4, -0.2) is 12.4 Å². The van der Waals surface area contributed by atoms with Crippen LogP contribution in [0, 0.1) is 5.92 Å². The molecule has 88 valence electrons. The molecule has 2 rings (SSSR count). The molecule has 0 fully saturated rings. The van der Waals surface area contributed by atoms with Crippen LogP contribution in [-0.2, 0) is 4.79 Å². The highest BCUT2D eigenvalue weighted by molar-refractivity contribution is 6.30. The molecule has 0 saturated heterocycles. The third-order valence-electron chi connectivity index (χ3n) is 2.76. The predicted molar refractivity (Wildman–Crippen MR) is 68.3 cm³/mol. The van der Waals surface area contributed by atoms with Gasteiger partial charge in [0, 0.05) is 10.9 Å². The van der Waals surface area contributed by atoms with Gasteiger partial charge in [-0.2, -0.15) is 0 Å². The number of carbonyl (C=O) groups excluding carboxylic acids is 1. The van der Waals surface area contributed by atoms with Crippen LogP contribution in [0.5, 0.6) is 5.75 Å². The van der Waals surface area contributed by atoms with Crippen molar-refractivity contribution in [1.82, 2.24) is 0 Å². The Bertz CT molecular complexity index is 489. The van der Waals surface area contributed by atoms with E-state index in [-0.39, 0.29) is 11.7 Å². The molecule has 0 N–H and O–H groups in total. The molecule has 1 aromatic rings. The molecule has 1 aliphatic carbocycles. The summed E-state index contributed by atoms with van der Waals surface area (Å²) in [5.41, 5.74) is 0.984. The van der Waals surface area contributed by atoms with Crippen molar-refractivity contribution < 1.29 is 9.53 Å². The van der Waals surface area contributed by atoms with Gasteiger partial charge in [0.2, 0.25) is 0 Å². The summed E-state index contributed by atoms with van der Waals surface area (Å²) in [6.07, 6.45) is 5.28. The highest BCUT2D eigenvalue weighted by Gasteiger charge is 2.18. The van der Waals surface area contributed by atoms with Crippen LogP contribution in [0.2, 0.25) is 5.02 Å². The molecule has 1 atom stereocenters. The second kappa shape index (κ2) is 5.19. The number of benzene rings is 1. The zero-order valence-electron chi connectivity index (χ0n) is 9.52. The molecule has 0 heterocycles. The third kappa shape index (κ3) is 2.98. The molecule has 1 aliphatic rings. The maximum Gasteiger partial charge on any atom is 0.162 e. The normalized spacial score (nSPS) is 19.1. The van der Waals surface area contributed by atoms with E-state index in [9.17, 15) is 4.79 Å². The van der Waals surface area contributed by atoms with E-state index in [0.29, 0.717) is 17.4 Å². The van der Waals surface area contributed by atoms with Crippen LogP contribution >= 0.6 is 11.6 Å². The number of rotatable bonds is 3. The van der Waals surface area contributed by atoms with E-state index in [1.54, 1.807) is 24.3 Å². The lowest BCUT2D eigenvalue weighted by molar-refractivity contribution is -0.117. The molecule has 2 nitrogen and oxygen atoms in total. The monoisotopic (exact) mass is 248 g/mol. The Balaban J connectivity index is 2.01. The summed E-state index contributed by atoms with van der Waals surface area (Å²) in [5, 5.41) is 0.643. The van der Waals surface area contributed by atoms with E-state index >= 15 is 0 Å². The second-order valence-corrected chi connectivity index (χ2v) is 4.41. The van der Waals surface area contributed by atoms with Gasteiger partial charge in [-0.3, -0.25) is 4.79 Å². The Labute approximate surface area is 106 Å². The summed E-state index contributed by atoms with van der Waals surface area (Å²) in [6.45, 7) is 2.30. The minimum atomic E-state index is -0.0980. The van der Waals surface area contributed by atoms with Gasteiger partial charge in [-0.15, -0.1) is 0 Å². The Hall–Kier alpha value is -1.54. The van der Waals surface area contributed by atoms with Crippen molar-refractivity contribution in [1.29, 1.82) is 0 Å². The van der Waals surface area contributed by atoms with Crippen LogP contribution in [0.3, 0.4) is 0 Å². The summed E-state index contributed by atoms with van der Waals surface area (Å²) in [5.74, 6) is 0.740. The zero-order valence-corrected chi connectivity index (χ0v) is 10.3. The lowest BCUT2D eigenvalue weighted by Gasteiger charge is -2.16. The standard InChI is InChI=1S/C14H13ClO2/c1-10-11(4-2-7-14(10)16)9-17-13-6-3-5-12(15)8-13/h2-8,10H,9H2,1H3. The highest BCUT2D eigenvalue weighted by atomic mass is 35.5. The summed E-state index contributed by atoms with van der Waals surface area (Å²) >= 11 is 5.86. The Morgan fingerprint density at radius 3 is 3.00 bits per heavy atom. The Morgan fingerprint density at radius 1 is 1.41 bits per heavy atom. The van der Waals surface area contributed by atoms with Crippen LogP contribution in [0.15, 0.2) is 48.1 Å². The number of ketones is 1. The lowest BCUT2D eigenvalue weighted by Crippen LogP contribution is -2.18. The molecular weight excluding hydrogens is 236 g/mol. The molecule has 0 saturated carbocycles. The topological polar surface area (TPSA) is 26.3 Å². The highest BCUT2D eigenvalue weighted by Crippen LogP contribution is 2.21. The quantitative estimate of drug-likeness (QED) is 0.819. The first-order chi connectivity index (χ1) is 8.16. The first-order valence-corrected chi connectivity index (χ1v) is 5.84. The number of halogens is 1. The number of ether oxygens (including phenoxy) is 1. The first kappa shape index (κ1) is 11.9. The van der Waals surface area contributed by atoms with Gasteiger partial charge in [-0.25, -0.2) is 0 Å². The van der Waals surface area contributed by atoms with Gasteiger partial charge in [-0.1, -0.05) is 36.7 Å². The molecule has 17 heavy (non-hydrogen) atoms. The van der Waals surface area contributed by atoms with Gasteiger partial charge in [-0.05, 0) is 29.8 Å². The van der Waals surface area contributed by atoms with Crippen molar-refractivity contribution >= 4 is 17.4 Å². The van der Waals surface area contributed by atoms with Crippen LogP contribution in [0.25, 0.3) is 0 Å². The minimum Gasteiger partial charge on any atom is -0.489 e. The predicted octanol–water partition coefficient (Wildman–Crippen LogP) is 3.42. The van der Waals surface area contributed by atoms with Crippen molar-refractivity contribution in [2.45, 2.75) is 6.92 Å². The molecule has 0 amide bonds. The van der Waals surface area contributed by atoms with E-state index in [2.05, 4.69) is 0 Å². The molecule has 3 heteroatoms. The van der Waals surface area contributed by atoms with Crippen LogP contribution < -0.4 is 4.74 Å². The van der Waals surface area contributed by atoms with E-state index in [4.69, 9.17) is 16.3 Å². The second-order valence-electron chi connectivity index (χ2n) is 3.97. The van der Waals surface area contributed by atoms with Crippen molar-refractivity contribution in [2.24, 2.45) is 5.92 Å². The first-order valence-electron chi connectivity index (χ1n) is 5.46. The number of hydrogen-bond acceptors (Lipinski definition) is 2. The number of carbonyl (C=O) groups is 1. The van der Waals surface area contributed by atoms with Gasteiger partial charge in [0.1, 0.15) is 12.4 Å². The molecule has 0 aliphatic heterocycles. The molecule has 1 aromatic carbocycles. The van der Waals surface area contributed by atoms with Crippen molar-refractivity contribution in [3.05, 3.63) is 53.1 Å². The maximum atomic E-state index is 11.5. The molecule has 0 bridgehead atoms. The number of hydrogen-bond donors (Lipinski definition) is 0. The molecule has 0 aromatic heterocycles. The average molecular weight is 249 g/mol. The van der Waals surface area contributed by atoms with Gasteiger partial charge in [0.25, 0.3) is 0 Å². The van der Waals surface area contributed by atoms with Crippen LogP contribution in [0.1, 0.15) is 6.92 Å². The lowest BCUT2D eigenvalue weighted by atomic mass is 9.93. The van der Waals surface area contributed by atoms with Gasteiger partial charge < -0.3 is 4.74 Å². The van der Waals surface area contributed by atoms with Gasteiger partial charge in [0.05, 0.1) is 0 Å². The maximum absolute atomic E-state index is 11.5. The van der Waals surface area contributed by atoms with Crippen LogP contribution in [0.4, 0.5) is 0 Å². The van der Waals surface area contributed by atoms with Gasteiger partial charge in [0.15, 0.2) is 5.78 Å². The van der Waals surface area contributed by atoms with E-state index in [1.807, 2.05) is 25.1 Å². The van der Waals surface area contributed by atoms with E-state index in [1.165, 1.54) is 0 Å². The molecule has 0 radical (unpaired) electrons. The zero-order chi connectivity index (χ0) is 12.3. The van der Waals surface area contributed by atoms with Crippen molar-refractivity contribution in [3.63, 3.8) is 0 Å². The Kier molecular flexibility index (Phi) is 3.64. The number of allylic oxidation sites excluding steroid dienone is 3. The Morgan fingerprint density at radius 2 is 2.24 bits per heavy atom. The van der Waals surface area contributed by atoms with E-state index in [0.717, 1.165) is 5.57 Å². The van der Waals surface area contributed by atoms with Crippen molar-refractivity contribution in [2.75, 3.05) is 6.61 Å². The van der Waals surface area contributed by atoms with Crippen molar-refractivity contribution in [3.8, 4) is 5.75 Å². The molecule has 0 spiro atoms. The van der Waals surface area contributed by atoms with Gasteiger partial charge >= 0.3 is 0 Å². The summed E-state index contributed by atoms with van der Waals surface area (Å²) < 4.78 is 5.61. The summed E-state index contributed by atoms with van der Waals surface area (Å²) in [6, 6.07) is 7.23. The fourth-order valence-corrected chi connectivity index (χ4v) is 1.81. The summed E-state index contributed by atoms with van der Waals surface area (Å²) in [4.78, 5) is 11.5. The fourth-order valence-electron chi connectivity index (χ4n) is 1.63. The molecular formula is C14H13ClO2. The minimum absolute atomic E-state index is 0.0980. The smallest absolute Gasteiger partial charge is 0.162 e.